The lowest BCUT2D eigenvalue weighted by Gasteiger charge is -2.32. The standard InChI is InChI=1S/C18H27NO3/c1-14-12-19(13-15(2)22-14)10-6-7-11-21-18-9-5-4-8-17(18)16(3)20/h4-5,8-9,14-15H,6-7,10-13H2,1-3H3/p+1/t14-,15+. The van der Waals surface area contributed by atoms with E-state index in [9.17, 15) is 4.79 Å². The third-order valence-corrected chi connectivity index (χ3v) is 4.07. The molecule has 0 amide bonds. The largest absolute Gasteiger partial charge is 0.493 e. The number of carbonyl (C=O) groups is 1. The van der Waals surface area contributed by atoms with Gasteiger partial charge in [0.1, 0.15) is 31.0 Å². The van der Waals surface area contributed by atoms with Crippen LogP contribution >= 0.6 is 0 Å². The molecular weight excluding hydrogens is 278 g/mol. The smallest absolute Gasteiger partial charge is 0.163 e. The predicted molar refractivity (Wildman–Crippen MR) is 86.7 cm³/mol. The van der Waals surface area contributed by atoms with E-state index < -0.39 is 0 Å². The lowest BCUT2D eigenvalue weighted by atomic mass is 10.1. The summed E-state index contributed by atoms with van der Waals surface area (Å²) in [5.74, 6) is 0.757. The molecule has 4 nitrogen and oxygen atoms in total. The Morgan fingerprint density at radius 3 is 2.59 bits per heavy atom. The van der Waals surface area contributed by atoms with Crippen LogP contribution in [0.5, 0.6) is 5.75 Å². The second-order valence-electron chi connectivity index (χ2n) is 6.27. The minimum Gasteiger partial charge on any atom is -0.493 e. The van der Waals surface area contributed by atoms with Crippen LogP contribution in [0.15, 0.2) is 24.3 Å². The maximum absolute atomic E-state index is 11.5. The molecule has 22 heavy (non-hydrogen) atoms. The molecule has 0 aliphatic carbocycles. The minimum absolute atomic E-state index is 0.0522. The van der Waals surface area contributed by atoms with Gasteiger partial charge in [-0.05, 0) is 45.7 Å². The number of rotatable bonds is 7. The number of morpholine rings is 1. The number of quaternary nitrogens is 1. The number of hydrogen-bond donors (Lipinski definition) is 1. The van der Waals surface area contributed by atoms with E-state index in [4.69, 9.17) is 9.47 Å². The molecule has 1 aliphatic rings. The molecule has 1 heterocycles. The van der Waals surface area contributed by atoms with Gasteiger partial charge >= 0.3 is 0 Å². The van der Waals surface area contributed by atoms with Gasteiger partial charge in [-0.25, -0.2) is 0 Å². The van der Waals surface area contributed by atoms with Crippen LogP contribution in [0, 0.1) is 0 Å². The number of para-hydroxylation sites is 1. The van der Waals surface area contributed by atoms with Crippen molar-refractivity contribution in [2.24, 2.45) is 0 Å². The van der Waals surface area contributed by atoms with E-state index in [1.807, 2.05) is 24.3 Å². The lowest BCUT2D eigenvalue weighted by molar-refractivity contribution is -0.915. The molecule has 1 aromatic carbocycles. The summed E-state index contributed by atoms with van der Waals surface area (Å²) in [4.78, 5) is 13.1. The summed E-state index contributed by atoms with van der Waals surface area (Å²) in [6.45, 7) is 9.90. The van der Waals surface area contributed by atoms with Crippen molar-refractivity contribution in [3.8, 4) is 5.75 Å². The molecule has 0 bridgehead atoms. The van der Waals surface area contributed by atoms with E-state index in [0.717, 1.165) is 32.5 Å². The van der Waals surface area contributed by atoms with Crippen LogP contribution in [-0.2, 0) is 4.74 Å². The van der Waals surface area contributed by atoms with Crippen LogP contribution in [0.3, 0.4) is 0 Å². The van der Waals surface area contributed by atoms with Crippen LogP contribution in [0.1, 0.15) is 44.0 Å². The first kappa shape index (κ1) is 17.0. The highest BCUT2D eigenvalue weighted by atomic mass is 16.5. The molecule has 3 atom stereocenters. The summed E-state index contributed by atoms with van der Waals surface area (Å²) in [5.41, 5.74) is 0.670. The summed E-state index contributed by atoms with van der Waals surface area (Å²) >= 11 is 0. The molecule has 0 spiro atoms. The zero-order valence-corrected chi connectivity index (χ0v) is 13.9. The molecule has 1 N–H and O–H groups in total. The summed E-state index contributed by atoms with van der Waals surface area (Å²) in [7, 11) is 0. The van der Waals surface area contributed by atoms with Crippen molar-refractivity contribution in [1.29, 1.82) is 0 Å². The van der Waals surface area contributed by atoms with Crippen LogP contribution in [0.4, 0.5) is 0 Å². The second kappa shape index (κ2) is 8.30. The van der Waals surface area contributed by atoms with E-state index in [-0.39, 0.29) is 5.78 Å². The number of carbonyl (C=O) groups excluding carboxylic acids is 1. The molecule has 1 fully saturated rings. The molecular formula is C18H28NO3+. The van der Waals surface area contributed by atoms with Crippen LogP contribution < -0.4 is 9.64 Å². The van der Waals surface area contributed by atoms with Gasteiger partial charge in [0, 0.05) is 0 Å². The molecule has 1 aromatic rings. The first-order valence-electron chi connectivity index (χ1n) is 8.28. The maximum atomic E-state index is 11.5. The average Bonchev–Trinajstić information content (AvgIpc) is 2.46. The first-order valence-corrected chi connectivity index (χ1v) is 8.28. The quantitative estimate of drug-likeness (QED) is 0.616. The van der Waals surface area contributed by atoms with E-state index in [0.29, 0.717) is 30.1 Å². The molecule has 0 saturated carbocycles. The third kappa shape index (κ3) is 5.11. The summed E-state index contributed by atoms with van der Waals surface area (Å²) in [6.07, 6.45) is 2.87. The molecule has 0 radical (unpaired) electrons. The number of unbranched alkanes of at least 4 members (excludes halogenated alkanes) is 1. The highest BCUT2D eigenvalue weighted by Gasteiger charge is 2.24. The molecule has 122 valence electrons. The fraction of sp³-hybridized carbons (Fsp3) is 0.611. The Kier molecular flexibility index (Phi) is 6.40. The van der Waals surface area contributed by atoms with Crippen LogP contribution in [0.2, 0.25) is 0 Å². The van der Waals surface area contributed by atoms with Crippen molar-refractivity contribution >= 4 is 5.78 Å². The van der Waals surface area contributed by atoms with E-state index >= 15 is 0 Å². The van der Waals surface area contributed by atoms with Gasteiger partial charge in [0.15, 0.2) is 5.78 Å². The lowest BCUT2D eigenvalue weighted by Crippen LogP contribution is -3.15. The van der Waals surface area contributed by atoms with Gasteiger partial charge in [-0.1, -0.05) is 12.1 Å². The fourth-order valence-electron chi connectivity index (χ4n) is 3.14. The molecule has 4 heteroatoms. The van der Waals surface area contributed by atoms with Gasteiger partial charge in [0.2, 0.25) is 0 Å². The Balaban J connectivity index is 1.68. The molecule has 1 unspecified atom stereocenters. The second-order valence-corrected chi connectivity index (χ2v) is 6.27. The zero-order valence-electron chi connectivity index (χ0n) is 13.9. The molecule has 1 aliphatic heterocycles. The SMILES string of the molecule is CC(=O)c1ccccc1OCCCC[NH+]1C[C@@H](C)O[C@@H](C)C1. The van der Waals surface area contributed by atoms with Crippen molar-refractivity contribution in [3.05, 3.63) is 29.8 Å². The highest BCUT2D eigenvalue weighted by molar-refractivity contribution is 5.96. The normalized spacial score (nSPS) is 25.0. The Labute approximate surface area is 133 Å². The van der Waals surface area contributed by atoms with Crippen LogP contribution in [-0.4, -0.2) is 44.2 Å². The van der Waals surface area contributed by atoms with Crippen molar-refractivity contribution < 1.29 is 19.2 Å². The number of nitrogens with one attached hydrogen (secondary N) is 1. The van der Waals surface area contributed by atoms with Gasteiger partial charge in [0.25, 0.3) is 0 Å². The first-order chi connectivity index (χ1) is 10.6. The van der Waals surface area contributed by atoms with Gasteiger partial charge in [-0.2, -0.15) is 0 Å². The van der Waals surface area contributed by atoms with E-state index in [2.05, 4.69) is 13.8 Å². The van der Waals surface area contributed by atoms with Gasteiger partial charge in [-0.15, -0.1) is 0 Å². The minimum atomic E-state index is 0.0522. The van der Waals surface area contributed by atoms with E-state index in [1.165, 1.54) is 0 Å². The molecule has 1 saturated heterocycles. The Hall–Kier alpha value is -1.39. The van der Waals surface area contributed by atoms with Crippen molar-refractivity contribution in [3.63, 3.8) is 0 Å². The Morgan fingerprint density at radius 1 is 1.23 bits per heavy atom. The summed E-state index contributed by atoms with van der Waals surface area (Å²) in [6, 6.07) is 7.46. The Bertz CT molecular complexity index is 479. The van der Waals surface area contributed by atoms with Crippen molar-refractivity contribution in [2.45, 2.75) is 45.8 Å². The summed E-state index contributed by atoms with van der Waals surface area (Å²) in [5, 5.41) is 0. The number of benzene rings is 1. The Morgan fingerprint density at radius 2 is 1.91 bits per heavy atom. The van der Waals surface area contributed by atoms with Gasteiger partial charge in [0.05, 0.1) is 18.7 Å². The van der Waals surface area contributed by atoms with Crippen molar-refractivity contribution in [2.75, 3.05) is 26.2 Å². The van der Waals surface area contributed by atoms with Crippen LogP contribution in [0.25, 0.3) is 0 Å². The van der Waals surface area contributed by atoms with Gasteiger partial charge < -0.3 is 14.4 Å². The van der Waals surface area contributed by atoms with Gasteiger partial charge in [-0.3, -0.25) is 4.79 Å². The highest BCUT2D eigenvalue weighted by Crippen LogP contribution is 2.18. The summed E-state index contributed by atoms with van der Waals surface area (Å²) < 4.78 is 11.5. The number of hydrogen-bond acceptors (Lipinski definition) is 3. The average molecular weight is 306 g/mol. The number of Topliss-reactive ketones (excluding diaryl/α,β-unsaturated/α-hetero) is 1. The fourth-order valence-corrected chi connectivity index (χ4v) is 3.14. The third-order valence-electron chi connectivity index (χ3n) is 4.07. The predicted octanol–water partition coefficient (Wildman–Crippen LogP) is 1.74. The maximum Gasteiger partial charge on any atom is 0.163 e. The van der Waals surface area contributed by atoms with Crippen molar-refractivity contribution in [1.82, 2.24) is 0 Å². The number of ketones is 1. The zero-order chi connectivity index (χ0) is 15.9. The number of ether oxygens (including phenoxy) is 2. The molecule has 2 rings (SSSR count). The molecule has 0 aromatic heterocycles. The van der Waals surface area contributed by atoms with E-state index in [1.54, 1.807) is 11.8 Å². The monoisotopic (exact) mass is 306 g/mol. The topological polar surface area (TPSA) is 40.0 Å².